The van der Waals surface area contributed by atoms with Crippen molar-refractivity contribution in [1.29, 1.82) is 0 Å². The molecule has 2 heterocycles. The Morgan fingerprint density at radius 2 is 1.89 bits per heavy atom. The van der Waals surface area contributed by atoms with Gasteiger partial charge in [-0.05, 0) is 63.0 Å². The summed E-state index contributed by atoms with van der Waals surface area (Å²) in [6, 6.07) is 4.91. The van der Waals surface area contributed by atoms with Gasteiger partial charge in [0.05, 0.1) is 6.04 Å². The van der Waals surface area contributed by atoms with Gasteiger partial charge < -0.3 is 5.32 Å². The number of nitrogens with zero attached hydrogens (tertiary/aromatic N) is 1. The molecule has 104 valence electrons. The molecule has 1 aromatic carbocycles. The maximum Gasteiger partial charge on any atom is 0.159 e. The van der Waals surface area contributed by atoms with Crippen molar-refractivity contribution in [3.8, 4) is 0 Å². The molecule has 2 fully saturated rings. The Bertz CT molecular complexity index is 422. The highest BCUT2D eigenvalue weighted by molar-refractivity contribution is 5.23. The number of halogens is 2. The highest BCUT2D eigenvalue weighted by Crippen LogP contribution is 2.32. The van der Waals surface area contributed by atoms with Crippen molar-refractivity contribution in [2.75, 3.05) is 19.6 Å². The molecule has 0 aliphatic carbocycles. The van der Waals surface area contributed by atoms with Crippen LogP contribution in [0.4, 0.5) is 8.78 Å². The van der Waals surface area contributed by atoms with Crippen LogP contribution in [0.25, 0.3) is 0 Å². The number of hydrogen-bond acceptors (Lipinski definition) is 2. The lowest BCUT2D eigenvalue weighted by molar-refractivity contribution is 0.201. The Morgan fingerprint density at radius 1 is 1.11 bits per heavy atom. The third-order valence-electron chi connectivity index (χ3n) is 4.30. The number of benzene rings is 1. The maximum absolute atomic E-state index is 13.5. The van der Waals surface area contributed by atoms with Crippen molar-refractivity contribution in [2.45, 2.75) is 37.8 Å². The Labute approximate surface area is 112 Å². The van der Waals surface area contributed by atoms with Gasteiger partial charge in [-0.1, -0.05) is 6.07 Å². The molecule has 19 heavy (non-hydrogen) atoms. The van der Waals surface area contributed by atoms with Gasteiger partial charge in [0.25, 0.3) is 0 Å². The van der Waals surface area contributed by atoms with Crippen molar-refractivity contribution < 1.29 is 8.78 Å². The van der Waals surface area contributed by atoms with Gasteiger partial charge in [0.1, 0.15) is 0 Å². The van der Waals surface area contributed by atoms with E-state index in [0.29, 0.717) is 6.04 Å². The summed E-state index contributed by atoms with van der Waals surface area (Å²) in [6.45, 7) is 3.14. The van der Waals surface area contributed by atoms with E-state index in [9.17, 15) is 8.78 Å². The molecule has 1 aromatic rings. The predicted octanol–water partition coefficient (Wildman–Crippen LogP) is 2.85. The fraction of sp³-hybridized carbons (Fsp3) is 0.600. The number of hydrogen-bond donors (Lipinski definition) is 1. The van der Waals surface area contributed by atoms with Gasteiger partial charge in [-0.2, -0.15) is 0 Å². The molecule has 2 saturated heterocycles. The van der Waals surface area contributed by atoms with Gasteiger partial charge in [-0.3, -0.25) is 4.90 Å². The minimum absolute atomic E-state index is 0.181. The third kappa shape index (κ3) is 2.65. The molecule has 2 nitrogen and oxygen atoms in total. The summed E-state index contributed by atoms with van der Waals surface area (Å²) in [7, 11) is 0. The quantitative estimate of drug-likeness (QED) is 0.905. The first-order valence-corrected chi connectivity index (χ1v) is 7.18. The summed E-state index contributed by atoms with van der Waals surface area (Å²) in [5.74, 6) is -1.50. The van der Waals surface area contributed by atoms with Crippen LogP contribution in [0.15, 0.2) is 18.2 Å². The van der Waals surface area contributed by atoms with E-state index in [0.717, 1.165) is 31.6 Å². The zero-order valence-corrected chi connectivity index (χ0v) is 11.0. The van der Waals surface area contributed by atoms with E-state index in [1.54, 1.807) is 6.07 Å². The number of rotatable bonds is 3. The van der Waals surface area contributed by atoms with E-state index in [2.05, 4.69) is 10.2 Å². The van der Waals surface area contributed by atoms with Crippen molar-refractivity contribution in [3.05, 3.63) is 35.4 Å². The molecule has 2 aliphatic rings. The van der Waals surface area contributed by atoms with Crippen LogP contribution in [0.3, 0.4) is 0 Å². The average molecular weight is 266 g/mol. The van der Waals surface area contributed by atoms with Crippen LogP contribution in [0.1, 0.15) is 37.3 Å². The van der Waals surface area contributed by atoms with Crippen molar-refractivity contribution in [2.24, 2.45) is 0 Å². The Balaban J connectivity index is 1.90. The summed E-state index contributed by atoms with van der Waals surface area (Å²) < 4.78 is 26.6. The first-order chi connectivity index (χ1) is 9.25. The van der Waals surface area contributed by atoms with Gasteiger partial charge in [0.15, 0.2) is 11.6 Å². The molecular weight excluding hydrogens is 246 g/mol. The van der Waals surface area contributed by atoms with E-state index in [4.69, 9.17) is 0 Å². The second kappa shape index (κ2) is 5.55. The summed E-state index contributed by atoms with van der Waals surface area (Å²) in [5.41, 5.74) is 0.903. The lowest BCUT2D eigenvalue weighted by Crippen LogP contribution is -2.39. The van der Waals surface area contributed by atoms with E-state index in [1.165, 1.54) is 31.4 Å². The minimum atomic E-state index is -0.761. The predicted molar refractivity (Wildman–Crippen MR) is 70.9 cm³/mol. The fourth-order valence-electron chi connectivity index (χ4n) is 3.39. The topological polar surface area (TPSA) is 15.3 Å². The molecule has 3 rings (SSSR count). The van der Waals surface area contributed by atoms with Crippen LogP contribution in [-0.2, 0) is 0 Å². The molecule has 2 atom stereocenters. The normalized spacial score (nSPS) is 25.9. The van der Waals surface area contributed by atoms with E-state index in [1.807, 2.05) is 0 Å². The molecule has 1 N–H and O–H groups in total. The highest BCUT2D eigenvalue weighted by Gasteiger charge is 2.32. The SMILES string of the molecule is Fc1ccc(C(C2CCCN2)N2CCCC2)cc1F. The number of likely N-dealkylation sites (tertiary alicyclic amines) is 1. The third-order valence-corrected chi connectivity index (χ3v) is 4.30. The van der Waals surface area contributed by atoms with Gasteiger partial charge in [0.2, 0.25) is 0 Å². The Hall–Kier alpha value is -1.00. The second-order valence-corrected chi connectivity index (χ2v) is 5.56. The molecule has 2 aliphatic heterocycles. The standard InChI is InChI=1S/C15H20F2N2/c16-12-6-5-11(10-13(12)17)15(14-4-3-7-18-14)19-8-1-2-9-19/h5-6,10,14-15,18H,1-4,7-9H2. The smallest absolute Gasteiger partial charge is 0.159 e. The first-order valence-electron chi connectivity index (χ1n) is 7.18. The summed E-state index contributed by atoms with van der Waals surface area (Å²) in [4.78, 5) is 2.41. The zero-order chi connectivity index (χ0) is 13.2. The molecular formula is C15H20F2N2. The molecule has 4 heteroatoms. The molecule has 0 saturated carbocycles. The van der Waals surface area contributed by atoms with Crippen molar-refractivity contribution in [1.82, 2.24) is 10.2 Å². The fourth-order valence-corrected chi connectivity index (χ4v) is 3.39. The van der Waals surface area contributed by atoms with Gasteiger partial charge in [-0.15, -0.1) is 0 Å². The average Bonchev–Trinajstić information content (AvgIpc) is 3.07. The minimum Gasteiger partial charge on any atom is -0.312 e. The summed E-state index contributed by atoms with van der Waals surface area (Å²) >= 11 is 0. The van der Waals surface area contributed by atoms with Crippen LogP contribution in [0.5, 0.6) is 0 Å². The monoisotopic (exact) mass is 266 g/mol. The number of nitrogens with one attached hydrogen (secondary N) is 1. The largest absolute Gasteiger partial charge is 0.312 e. The zero-order valence-electron chi connectivity index (χ0n) is 11.0. The lowest BCUT2D eigenvalue weighted by atomic mass is 9.96. The van der Waals surface area contributed by atoms with Gasteiger partial charge in [-0.25, -0.2) is 8.78 Å². The van der Waals surface area contributed by atoms with E-state index in [-0.39, 0.29) is 6.04 Å². The van der Waals surface area contributed by atoms with Gasteiger partial charge in [0, 0.05) is 6.04 Å². The van der Waals surface area contributed by atoms with Crippen LogP contribution in [-0.4, -0.2) is 30.6 Å². The Kier molecular flexibility index (Phi) is 3.80. The van der Waals surface area contributed by atoms with Crippen LogP contribution >= 0.6 is 0 Å². The van der Waals surface area contributed by atoms with Crippen LogP contribution < -0.4 is 5.32 Å². The summed E-state index contributed by atoms with van der Waals surface area (Å²) in [5, 5.41) is 3.51. The highest BCUT2D eigenvalue weighted by atomic mass is 19.2. The van der Waals surface area contributed by atoms with Crippen LogP contribution in [0.2, 0.25) is 0 Å². The molecule has 0 bridgehead atoms. The second-order valence-electron chi connectivity index (χ2n) is 5.56. The lowest BCUT2D eigenvalue weighted by Gasteiger charge is -2.33. The molecule has 2 unspecified atom stereocenters. The van der Waals surface area contributed by atoms with Crippen molar-refractivity contribution >= 4 is 0 Å². The molecule has 0 amide bonds. The Morgan fingerprint density at radius 3 is 2.53 bits per heavy atom. The first kappa shape index (κ1) is 13.0. The maximum atomic E-state index is 13.5. The molecule has 0 aromatic heterocycles. The van der Waals surface area contributed by atoms with Crippen molar-refractivity contribution in [3.63, 3.8) is 0 Å². The molecule has 0 spiro atoms. The van der Waals surface area contributed by atoms with Gasteiger partial charge >= 0.3 is 0 Å². The van der Waals surface area contributed by atoms with E-state index >= 15 is 0 Å². The van der Waals surface area contributed by atoms with E-state index < -0.39 is 11.6 Å². The van der Waals surface area contributed by atoms with Crippen LogP contribution in [0, 0.1) is 11.6 Å². The molecule has 0 radical (unpaired) electrons. The summed E-state index contributed by atoms with van der Waals surface area (Å²) in [6.07, 6.45) is 4.68.